The molecule has 3 N–H and O–H groups in total. The van der Waals surface area contributed by atoms with Crippen LogP contribution in [-0.2, 0) is 16.9 Å². The Labute approximate surface area is 400 Å². The van der Waals surface area contributed by atoms with E-state index in [1.165, 1.54) is 58.3 Å². The summed E-state index contributed by atoms with van der Waals surface area (Å²) in [6.07, 6.45) is 4.88. The number of nitrogens with zero attached hydrogens (tertiary/aromatic N) is 8. The molecule has 62 heavy (non-hydrogen) atoms. The van der Waals surface area contributed by atoms with Crippen LogP contribution in [0.3, 0.4) is 0 Å². The van der Waals surface area contributed by atoms with Crippen LogP contribution in [0, 0.1) is 17.6 Å². The van der Waals surface area contributed by atoms with Crippen molar-refractivity contribution in [3.05, 3.63) is 143 Å². The first-order valence-corrected chi connectivity index (χ1v) is 20.1. The molecule has 6 aromatic rings. The molecule has 2 aliphatic rings. The Morgan fingerprint density at radius 3 is 2.13 bits per heavy atom. The number of aromatic carboxylic acids is 1. The molecule has 0 amide bonds. The third kappa shape index (κ3) is 11.0. The number of carbonyl (C=O) groups excluding carboxylic acids is 1. The van der Waals surface area contributed by atoms with Crippen molar-refractivity contribution in [1.29, 1.82) is 0 Å². The largest absolute Gasteiger partial charge is 1.00 e. The van der Waals surface area contributed by atoms with Crippen LogP contribution in [0.5, 0.6) is 5.75 Å². The van der Waals surface area contributed by atoms with E-state index in [1.54, 1.807) is 17.9 Å². The van der Waals surface area contributed by atoms with Gasteiger partial charge in [0.25, 0.3) is 0 Å². The number of hydrogen-bond acceptors (Lipinski definition) is 12. The molecule has 2 aromatic heterocycles. The van der Waals surface area contributed by atoms with Crippen LogP contribution < -0.4 is 82.5 Å². The molecule has 18 heteroatoms. The average molecular weight is 876 g/mol. The molecule has 2 fully saturated rings. The van der Waals surface area contributed by atoms with Crippen LogP contribution in [0.25, 0.3) is 5.69 Å². The van der Waals surface area contributed by atoms with Crippen molar-refractivity contribution in [3.8, 4) is 11.4 Å². The summed E-state index contributed by atoms with van der Waals surface area (Å²) in [7, 11) is 0. The fraction of sp³-hybridized carbons (Fsp3) is 0.341. The van der Waals surface area contributed by atoms with E-state index in [1.807, 2.05) is 43.3 Å². The van der Waals surface area contributed by atoms with Crippen LogP contribution in [0.1, 0.15) is 48.7 Å². The van der Waals surface area contributed by atoms with Gasteiger partial charge in [-0.05, 0) is 92.1 Å². The Morgan fingerprint density at radius 2 is 1.56 bits per heavy atom. The van der Waals surface area contributed by atoms with Gasteiger partial charge < -0.3 is 40.0 Å². The fourth-order valence-electron chi connectivity index (χ4n) is 7.86. The number of rotatable bonds is 13. The molecule has 0 spiro atoms. The molecule has 0 radical (unpaired) electrons. The second-order valence-electron chi connectivity index (χ2n) is 15.2. The summed E-state index contributed by atoms with van der Waals surface area (Å²) in [5.41, 5.74) is 7.93. The van der Waals surface area contributed by atoms with Crippen molar-refractivity contribution >= 4 is 23.0 Å². The zero-order chi connectivity index (χ0) is 43.1. The molecule has 4 aromatic carbocycles. The number of hydrogen-bond donors (Lipinski definition) is 2. The first-order chi connectivity index (χ1) is 29.4. The molecule has 0 bridgehead atoms. The van der Waals surface area contributed by atoms with Gasteiger partial charge in [0.15, 0.2) is 0 Å². The SMILES string of the molecule is CC[C@@H]([C@H](C)O)n1ncn(-c2ccc(N3CCN(c4ccc(OCC5CO[C@@](Cn6cncn6)(c6ccc(F)cc6F)C5)cc4)CC3)cc2)c1=O.Nc1ccc(C(=O)[O-])cc1.[K+]. The topological polar surface area (TPSA) is 182 Å². The summed E-state index contributed by atoms with van der Waals surface area (Å²) in [5, 5.41) is 28.6. The van der Waals surface area contributed by atoms with Gasteiger partial charge in [0.05, 0.1) is 43.6 Å². The summed E-state index contributed by atoms with van der Waals surface area (Å²) in [6, 6.07) is 25.0. The third-order valence-corrected chi connectivity index (χ3v) is 11.1. The van der Waals surface area contributed by atoms with Gasteiger partial charge >= 0.3 is 57.1 Å². The summed E-state index contributed by atoms with van der Waals surface area (Å²) in [5.74, 6) is -1.74. The standard InChI is InChI=1S/C37H42F2N8O4.C7H7NO2.K/c1-3-35(26(2)48)47-36(49)46(25-42-47)31-7-5-29(6-8-31)43-14-16-44(17-15-43)30-9-11-32(12-10-30)50-20-27-19-37(51-21-27,22-45-24-40-23-41-45)33-13-4-28(38)18-34(33)39;8-6-3-1-5(2-4-6)7(9)10;/h4-13,18,23-27,35,48H,3,14-17,19-22H2,1-2H3;1-4H,8H2,(H,9,10);/q;;+1/p-1/t26-,27?,35-,37-;;/m0../s1. The van der Waals surface area contributed by atoms with Crippen LogP contribution in [0.2, 0.25) is 0 Å². The van der Waals surface area contributed by atoms with Crippen molar-refractivity contribution in [2.45, 2.75) is 51.0 Å². The van der Waals surface area contributed by atoms with Crippen LogP contribution in [0.4, 0.5) is 25.8 Å². The fourth-order valence-corrected chi connectivity index (χ4v) is 7.86. The number of nitrogen functional groups attached to an aromatic ring is 1. The molecular formula is C44H48F2KN9O6. The minimum Gasteiger partial charge on any atom is -0.545 e. The zero-order valence-electron chi connectivity index (χ0n) is 34.9. The maximum atomic E-state index is 15.0. The molecule has 2 saturated heterocycles. The van der Waals surface area contributed by atoms with E-state index < -0.39 is 29.3 Å². The molecule has 2 aliphatic heterocycles. The maximum Gasteiger partial charge on any atom is 1.00 e. The van der Waals surface area contributed by atoms with E-state index >= 15 is 0 Å². The number of halogens is 2. The molecule has 4 atom stereocenters. The van der Waals surface area contributed by atoms with Crippen molar-refractivity contribution in [3.63, 3.8) is 0 Å². The number of aliphatic hydroxyl groups excluding tert-OH is 1. The van der Waals surface area contributed by atoms with Crippen molar-refractivity contribution in [2.24, 2.45) is 5.92 Å². The first-order valence-electron chi connectivity index (χ1n) is 20.1. The minimum atomic E-state index is -1.18. The number of aromatic nitrogens is 6. The van der Waals surface area contributed by atoms with Gasteiger partial charge in [-0.1, -0.05) is 25.1 Å². The summed E-state index contributed by atoms with van der Waals surface area (Å²) < 4.78 is 45.6. The van der Waals surface area contributed by atoms with Gasteiger partial charge in [0.2, 0.25) is 0 Å². The predicted molar refractivity (Wildman–Crippen MR) is 222 cm³/mol. The molecule has 15 nitrogen and oxygen atoms in total. The van der Waals surface area contributed by atoms with Gasteiger partial charge in [-0.15, -0.1) is 0 Å². The Bertz CT molecular complexity index is 2430. The molecule has 320 valence electrons. The van der Waals surface area contributed by atoms with Crippen LogP contribution in [-0.4, -0.2) is 85.7 Å². The molecule has 0 aliphatic carbocycles. The number of carboxylic acids is 1. The van der Waals surface area contributed by atoms with E-state index in [4.69, 9.17) is 15.2 Å². The van der Waals surface area contributed by atoms with Gasteiger partial charge in [-0.3, -0.25) is 0 Å². The monoisotopic (exact) mass is 875 g/mol. The average Bonchev–Trinajstić information content (AvgIpc) is 4.02. The summed E-state index contributed by atoms with van der Waals surface area (Å²) >= 11 is 0. The van der Waals surface area contributed by atoms with Gasteiger partial charge in [-0.2, -0.15) is 10.2 Å². The Morgan fingerprint density at radius 1 is 0.935 bits per heavy atom. The number of anilines is 3. The first kappa shape index (κ1) is 46.5. The second-order valence-corrected chi connectivity index (χ2v) is 15.2. The van der Waals surface area contributed by atoms with Crippen molar-refractivity contribution in [1.82, 2.24) is 29.1 Å². The van der Waals surface area contributed by atoms with E-state index in [-0.39, 0.29) is 81.1 Å². The van der Waals surface area contributed by atoms with E-state index in [0.29, 0.717) is 37.3 Å². The van der Waals surface area contributed by atoms with E-state index in [2.05, 4.69) is 37.1 Å². The van der Waals surface area contributed by atoms with Gasteiger partial charge in [0.1, 0.15) is 42.0 Å². The molecule has 4 heterocycles. The normalized spacial score (nSPS) is 18.3. The zero-order valence-corrected chi connectivity index (χ0v) is 38.0. The molecular weight excluding hydrogens is 828 g/mol. The molecule has 0 saturated carbocycles. The van der Waals surface area contributed by atoms with Crippen molar-refractivity contribution in [2.75, 3.05) is 54.9 Å². The number of piperazine rings is 1. The van der Waals surface area contributed by atoms with Gasteiger partial charge in [0, 0.05) is 60.8 Å². The number of ether oxygens (including phenoxy) is 2. The Hall–Kier alpha value is -4.95. The number of carbonyl (C=O) groups is 1. The van der Waals surface area contributed by atoms with E-state index in [9.17, 15) is 28.6 Å². The second kappa shape index (κ2) is 20.9. The number of benzene rings is 4. The van der Waals surface area contributed by atoms with Crippen molar-refractivity contribution < 1.29 is 84.6 Å². The smallest absolute Gasteiger partial charge is 0.545 e. The number of nitrogens with two attached hydrogens (primary N) is 1. The summed E-state index contributed by atoms with van der Waals surface area (Å²) in [4.78, 5) is 31.8. The Balaban J connectivity index is 0.000000514. The van der Waals surface area contributed by atoms with Crippen LogP contribution >= 0.6 is 0 Å². The molecule has 1 unspecified atom stereocenters. The third-order valence-electron chi connectivity index (χ3n) is 11.1. The predicted octanol–water partition coefficient (Wildman–Crippen LogP) is 1.21. The van der Waals surface area contributed by atoms with Crippen LogP contribution in [0.15, 0.2) is 115 Å². The quantitative estimate of drug-likeness (QED) is 0.125. The number of carboxylic acid groups (broad SMARTS) is 1. The number of aliphatic hydroxyl groups is 1. The van der Waals surface area contributed by atoms with Gasteiger partial charge in [-0.25, -0.2) is 32.5 Å². The molecule has 8 rings (SSSR count). The maximum absolute atomic E-state index is 15.0. The Kier molecular flexibility index (Phi) is 15.7. The summed E-state index contributed by atoms with van der Waals surface area (Å²) in [6.45, 7) is 7.97. The minimum absolute atomic E-state index is 0. The van der Waals surface area contributed by atoms with E-state index in [0.717, 1.165) is 55.1 Å².